The van der Waals surface area contributed by atoms with Gasteiger partial charge >= 0.3 is 11.9 Å². The van der Waals surface area contributed by atoms with Gasteiger partial charge in [-0.15, -0.1) is 0 Å². The molecule has 4 saturated carbocycles. The molecule has 104 valence electrons. The Morgan fingerprint density at radius 2 is 1.80 bits per heavy atom. The predicted octanol–water partition coefficient (Wildman–Crippen LogP) is 2.78. The van der Waals surface area contributed by atoms with E-state index in [9.17, 15) is 9.90 Å². The number of hydrogen-bond acceptors (Lipinski definition) is 4. The first-order valence-corrected chi connectivity index (χ1v) is 7.29. The zero-order valence-electron chi connectivity index (χ0n) is 11.1. The van der Waals surface area contributed by atoms with Crippen molar-refractivity contribution in [2.24, 2.45) is 23.7 Å². The molecular formula is C15H16N2O3. The molecule has 4 aliphatic carbocycles. The van der Waals surface area contributed by atoms with Gasteiger partial charge < -0.3 is 9.52 Å². The van der Waals surface area contributed by atoms with Crippen molar-refractivity contribution in [2.45, 2.75) is 38.0 Å². The molecular weight excluding hydrogens is 256 g/mol. The zero-order valence-corrected chi connectivity index (χ0v) is 11.1. The average Bonchev–Trinajstić information content (AvgIpc) is 2.81. The van der Waals surface area contributed by atoms with Gasteiger partial charge in [-0.25, -0.2) is 4.79 Å². The lowest BCUT2D eigenvalue weighted by molar-refractivity contribution is -0.0102. The average molecular weight is 272 g/mol. The summed E-state index contributed by atoms with van der Waals surface area (Å²) in [6.07, 6.45) is 6.07. The first kappa shape index (κ1) is 12.0. The van der Waals surface area contributed by atoms with Crippen molar-refractivity contribution < 1.29 is 14.3 Å². The molecule has 20 heavy (non-hydrogen) atoms. The topological polar surface area (TPSA) is 87.1 Å². The third kappa shape index (κ3) is 1.60. The Morgan fingerprint density at radius 3 is 2.30 bits per heavy atom. The van der Waals surface area contributed by atoms with Crippen molar-refractivity contribution in [3.8, 4) is 6.07 Å². The number of nitrogens with zero attached hydrogens (tertiary/aromatic N) is 2. The number of aromatic carboxylic acids is 1. The fourth-order valence-electron chi connectivity index (χ4n) is 5.11. The molecule has 0 atom stereocenters. The number of carbonyl (C=O) groups is 1. The van der Waals surface area contributed by atoms with E-state index in [1.54, 1.807) is 0 Å². The van der Waals surface area contributed by atoms with Gasteiger partial charge in [-0.3, -0.25) is 0 Å². The van der Waals surface area contributed by atoms with E-state index in [4.69, 9.17) is 9.68 Å². The monoisotopic (exact) mass is 272 g/mol. The highest BCUT2D eigenvalue weighted by Crippen LogP contribution is 2.60. The van der Waals surface area contributed by atoms with Gasteiger partial charge in [-0.05, 0) is 55.8 Å². The molecule has 0 unspecified atom stereocenters. The van der Waals surface area contributed by atoms with E-state index in [0.29, 0.717) is 17.6 Å². The van der Waals surface area contributed by atoms with Crippen LogP contribution < -0.4 is 0 Å². The minimum atomic E-state index is -1.08. The number of nitriles is 1. The smallest absolute Gasteiger partial charge is 0.358 e. The summed E-state index contributed by atoms with van der Waals surface area (Å²) in [5, 5.41) is 18.2. The van der Waals surface area contributed by atoms with Crippen LogP contribution in [-0.2, 0) is 0 Å². The predicted molar refractivity (Wildman–Crippen MR) is 68.0 cm³/mol. The number of carboxylic acids is 1. The third-order valence-electron chi connectivity index (χ3n) is 5.48. The summed E-state index contributed by atoms with van der Waals surface area (Å²) in [6.45, 7) is 0. The molecule has 4 aliphatic rings. The molecule has 0 amide bonds. The van der Waals surface area contributed by atoms with E-state index in [-0.39, 0.29) is 17.5 Å². The Hall–Kier alpha value is -1.83. The Bertz CT molecular complexity index is 585. The molecule has 0 spiro atoms. The lowest BCUT2D eigenvalue weighted by Crippen LogP contribution is -2.44. The quantitative estimate of drug-likeness (QED) is 0.894. The third-order valence-corrected chi connectivity index (χ3v) is 5.48. The highest BCUT2D eigenvalue weighted by atomic mass is 16.4. The Labute approximate surface area is 116 Å². The summed E-state index contributed by atoms with van der Waals surface area (Å²) in [4.78, 5) is 15.2. The summed E-state index contributed by atoms with van der Waals surface area (Å²) < 4.78 is 5.50. The molecule has 1 N–H and O–H groups in total. The molecule has 5 rings (SSSR count). The normalized spacial score (nSPS) is 37.9. The highest BCUT2D eigenvalue weighted by Gasteiger charge is 2.51. The number of aromatic nitrogens is 1. The van der Waals surface area contributed by atoms with E-state index in [2.05, 4.69) is 4.98 Å². The van der Waals surface area contributed by atoms with Crippen molar-refractivity contribution in [1.29, 1.82) is 5.26 Å². The largest absolute Gasteiger partial charge is 0.476 e. The van der Waals surface area contributed by atoms with Crippen molar-refractivity contribution in [1.82, 2.24) is 4.98 Å². The summed E-state index contributed by atoms with van der Waals surface area (Å²) in [5.41, 5.74) is -0.0426. The minimum absolute atomic E-state index is 0.0426. The maximum atomic E-state index is 11.4. The maximum absolute atomic E-state index is 11.4. The van der Waals surface area contributed by atoms with Gasteiger partial charge in [-0.2, -0.15) is 10.2 Å². The van der Waals surface area contributed by atoms with Crippen molar-refractivity contribution in [3.63, 3.8) is 0 Å². The molecule has 5 heteroatoms. The summed E-state index contributed by atoms with van der Waals surface area (Å²) in [6, 6.07) is 1.82. The van der Waals surface area contributed by atoms with Crippen molar-refractivity contribution >= 4 is 5.97 Å². The van der Waals surface area contributed by atoms with Crippen LogP contribution in [0.15, 0.2) is 4.42 Å². The van der Waals surface area contributed by atoms with Gasteiger partial charge in [0.2, 0.25) is 0 Å². The second-order valence-electron chi connectivity index (χ2n) is 6.61. The fraction of sp³-hybridized carbons (Fsp3) is 0.667. The van der Waals surface area contributed by atoms with Gasteiger partial charge in [0.15, 0.2) is 11.8 Å². The number of carboxylic acid groups (broad SMARTS) is 1. The molecule has 0 aliphatic heterocycles. The Balaban J connectivity index is 1.76. The van der Waals surface area contributed by atoms with Gasteiger partial charge in [0.1, 0.15) is 5.76 Å². The van der Waals surface area contributed by atoms with Gasteiger partial charge in [0.25, 0.3) is 0 Å². The van der Waals surface area contributed by atoms with Crippen LogP contribution in [0.1, 0.15) is 60.2 Å². The number of hydrogen-bond donors (Lipinski definition) is 1. The van der Waals surface area contributed by atoms with Crippen LogP contribution in [0.25, 0.3) is 0 Å². The zero-order chi connectivity index (χ0) is 13.9. The summed E-state index contributed by atoms with van der Waals surface area (Å²) in [5.74, 6) is 2.09. The molecule has 0 saturated heterocycles. The van der Waals surface area contributed by atoms with E-state index in [0.717, 1.165) is 11.8 Å². The van der Waals surface area contributed by atoms with Crippen molar-refractivity contribution in [3.05, 3.63) is 17.3 Å². The summed E-state index contributed by atoms with van der Waals surface area (Å²) >= 11 is 0. The first-order chi connectivity index (χ1) is 9.65. The second kappa shape index (κ2) is 4.08. The molecule has 0 aromatic carbocycles. The Kier molecular flexibility index (Phi) is 2.44. The second-order valence-corrected chi connectivity index (χ2v) is 6.61. The van der Waals surface area contributed by atoms with Crippen LogP contribution in [0.2, 0.25) is 0 Å². The SMILES string of the molecule is N#Cc1nc(C(=O)O)c(C2C3CC4CC(C3)CC2C4)o1. The van der Waals surface area contributed by atoms with E-state index in [1.165, 1.54) is 32.1 Å². The maximum Gasteiger partial charge on any atom is 0.358 e. The van der Waals surface area contributed by atoms with Crippen molar-refractivity contribution in [2.75, 3.05) is 0 Å². The standard InChI is InChI=1S/C15H16N2O3/c16-6-11-17-13(15(18)19)14(20-11)12-9-2-7-1-8(4-9)5-10(12)3-7/h7-10,12H,1-5H2,(H,18,19). The van der Waals surface area contributed by atoms with Crippen LogP contribution in [-0.4, -0.2) is 16.1 Å². The van der Waals surface area contributed by atoms with Crippen LogP contribution in [0.3, 0.4) is 0 Å². The molecule has 0 radical (unpaired) electrons. The molecule has 4 fully saturated rings. The molecule has 1 heterocycles. The van der Waals surface area contributed by atoms with Gasteiger partial charge in [0, 0.05) is 5.92 Å². The lowest BCUT2D eigenvalue weighted by Gasteiger charge is -2.53. The fourth-order valence-corrected chi connectivity index (χ4v) is 5.11. The number of rotatable bonds is 2. The summed E-state index contributed by atoms with van der Waals surface area (Å²) in [7, 11) is 0. The lowest BCUT2D eigenvalue weighted by atomic mass is 9.51. The van der Waals surface area contributed by atoms with E-state index >= 15 is 0 Å². The highest BCUT2D eigenvalue weighted by molar-refractivity contribution is 5.86. The van der Waals surface area contributed by atoms with Crippen LogP contribution in [0.5, 0.6) is 0 Å². The molecule has 5 nitrogen and oxygen atoms in total. The molecule has 4 bridgehead atoms. The van der Waals surface area contributed by atoms with Crippen LogP contribution in [0.4, 0.5) is 0 Å². The minimum Gasteiger partial charge on any atom is -0.476 e. The number of oxazole rings is 1. The Morgan fingerprint density at radius 1 is 1.20 bits per heavy atom. The van der Waals surface area contributed by atoms with Gasteiger partial charge in [-0.1, -0.05) is 0 Å². The van der Waals surface area contributed by atoms with E-state index in [1.807, 2.05) is 6.07 Å². The van der Waals surface area contributed by atoms with E-state index < -0.39 is 5.97 Å². The molecule has 1 aromatic rings. The van der Waals surface area contributed by atoms with Gasteiger partial charge in [0.05, 0.1) is 0 Å². The van der Waals surface area contributed by atoms with Crippen LogP contribution >= 0.6 is 0 Å². The first-order valence-electron chi connectivity index (χ1n) is 7.29. The van der Waals surface area contributed by atoms with Crippen LogP contribution in [0, 0.1) is 35.0 Å². The molecule has 1 aromatic heterocycles.